The number of hydrogen-bond donors (Lipinski definition) is 1. The lowest BCUT2D eigenvalue weighted by molar-refractivity contribution is 0.0223. The summed E-state index contributed by atoms with van der Waals surface area (Å²) in [6, 6.07) is 0.0185. The van der Waals surface area contributed by atoms with Crippen molar-refractivity contribution in [2.75, 3.05) is 6.61 Å². The van der Waals surface area contributed by atoms with Crippen molar-refractivity contribution >= 4 is 0 Å². The summed E-state index contributed by atoms with van der Waals surface area (Å²) in [6.07, 6.45) is 2.21. The smallest absolute Gasteiger partial charge is 0.0784 e. The molecular weight excluding hydrogens is 162 g/mol. The van der Waals surface area contributed by atoms with Gasteiger partial charge in [0.05, 0.1) is 6.10 Å². The lowest BCUT2D eigenvalue weighted by atomic mass is 9.98. The van der Waals surface area contributed by atoms with Gasteiger partial charge in [0.1, 0.15) is 0 Å². The molecule has 2 heteroatoms. The number of rotatable bonds is 5. The maximum atomic E-state index is 6.00. The molecule has 0 amide bonds. The number of allylic oxidation sites excluding steroid dienone is 1. The Labute approximate surface area is 82.2 Å². The molecular formula is C11H23NO. The van der Waals surface area contributed by atoms with E-state index in [1.807, 2.05) is 6.92 Å². The van der Waals surface area contributed by atoms with Crippen LogP contribution in [0.2, 0.25) is 0 Å². The Morgan fingerprint density at radius 1 is 1.38 bits per heavy atom. The molecule has 2 unspecified atom stereocenters. The van der Waals surface area contributed by atoms with Crippen LogP contribution in [0.15, 0.2) is 11.6 Å². The highest BCUT2D eigenvalue weighted by Crippen LogP contribution is 2.11. The summed E-state index contributed by atoms with van der Waals surface area (Å²) in [5.74, 6) is 0.463. The van der Waals surface area contributed by atoms with Crippen LogP contribution in [-0.4, -0.2) is 18.8 Å². The van der Waals surface area contributed by atoms with E-state index in [4.69, 9.17) is 10.5 Å². The topological polar surface area (TPSA) is 35.2 Å². The van der Waals surface area contributed by atoms with E-state index in [9.17, 15) is 0 Å². The van der Waals surface area contributed by atoms with Crippen LogP contribution < -0.4 is 5.73 Å². The fourth-order valence-corrected chi connectivity index (χ4v) is 1.42. The Kier molecular flexibility index (Phi) is 6.00. The third-order valence-electron chi connectivity index (χ3n) is 1.92. The second kappa shape index (κ2) is 6.17. The molecule has 0 radical (unpaired) electrons. The van der Waals surface area contributed by atoms with Crippen molar-refractivity contribution in [1.82, 2.24) is 0 Å². The lowest BCUT2D eigenvalue weighted by Gasteiger charge is -2.25. The normalized spacial score (nSPS) is 15.6. The molecule has 0 aromatic heterocycles. The van der Waals surface area contributed by atoms with E-state index < -0.39 is 0 Å². The van der Waals surface area contributed by atoms with Gasteiger partial charge in [0.2, 0.25) is 0 Å². The zero-order chi connectivity index (χ0) is 10.4. The maximum Gasteiger partial charge on any atom is 0.0784 e. The van der Waals surface area contributed by atoms with Gasteiger partial charge in [-0.3, -0.25) is 0 Å². The number of ether oxygens (including phenoxy) is 1. The molecule has 0 bridgehead atoms. The first-order valence-electron chi connectivity index (χ1n) is 5.01. The van der Waals surface area contributed by atoms with E-state index in [1.165, 1.54) is 5.57 Å². The standard InChI is InChI=1S/C11H23NO/c1-6-13-11(9(4)5)10(12)7-8(2)3/h7,9-11H,6,12H2,1-5H3. The lowest BCUT2D eigenvalue weighted by Crippen LogP contribution is -2.39. The Morgan fingerprint density at radius 3 is 2.23 bits per heavy atom. The maximum absolute atomic E-state index is 6.00. The van der Waals surface area contributed by atoms with Crippen LogP contribution in [0.4, 0.5) is 0 Å². The van der Waals surface area contributed by atoms with Crippen molar-refractivity contribution in [2.45, 2.75) is 46.8 Å². The van der Waals surface area contributed by atoms with E-state index in [2.05, 4.69) is 33.8 Å². The van der Waals surface area contributed by atoms with Crippen molar-refractivity contribution in [2.24, 2.45) is 11.7 Å². The van der Waals surface area contributed by atoms with Gasteiger partial charge >= 0.3 is 0 Å². The van der Waals surface area contributed by atoms with Crippen LogP contribution in [0, 0.1) is 5.92 Å². The highest BCUT2D eigenvalue weighted by Gasteiger charge is 2.19. The Bertz CT molecular complexity index is 159. The Balaban J connectivity index is 4.27. The molecule has 13 heavy (non-hydrogen) atoms. The van der Waals surface area contributed by atoms with Crippen LogP contribution in [0.3, 0.4) is 0 Å². The van der Waals surface area contributed by atoms with Crippen LogP contribution in [0.25, 0.3) is 0 Å². The van der Waals surface area contributed by atoms with E-state index >= 15 is 0 Å². The minimum absolute atomic E-state index is 0.0185. The predicted octanol–water partition coefficient (Wildman–Crippen LogP) is 2.34. The SMILES string of the molecule is CCOC(C(C)C)C(N)C=C(C)C. The van der Waals surface area contributed by atoms with Crippen molar-refractivity contribution in [3.63, 3.8) is 0 Å². The zero-order valence-electron chi connectivity index (χ0n) is 9.50. The molecule has 0 aromatic rings. The minimum Gasteiger partial charge on any atom is -0.376 e. The third kappa shape index (κ3) is 5.06. The molecule has 0 aliphatic rings. The zero-order valence-corrected chi connectivity index (χ0v) is 9.50. The largest absolute Gasteiger partial charge is 0.376 e. The second-order valence-electron chi connectivity index (χ2n) is 3.99. The fourth-order valence-electron chi connectivity index (χ4n) is 1.42. The molecule has 2 atom stereocenters. The average molecular weight is 185 g/mol. The number of hydrogen-bond acceptors (Lipinski definition) is 2. The third-order valence-corrected chi connectivity index (χ3v) is 1.92. The Morgan fingerprint density at radius 2 is 1.92 bits per heavy atom. The molecule has 2 nitrogen and oxygen atoms in total. The molecule has 0 saturated heterocycles. The molecule has 0 fully saturated rings. The quantitative estimate of drug-likeness (QED) is 0.667. The van der Waals surface area contributed by atoms with Gasteiger partial charge in [-0.1, -0.05) is 25.5 Å². The van der Waals surface area contributed by atoms with E-state index in [0.717, 1.165) is 6.61 Å². The molecule has 0 heterocycles. The van der Waals surface area contributed by atoms with E-state index in [0.29, 0.717) is 5.92 Å². The van der Waals surface area contributed by atoms with Crippen molar-refractivity contribution in [3.8, 4) is 0 Å². The molecule has 0 aromatic carbocycles. The summed E-state index contributed by atoms with van der Waals surface area (Å²) in [5.41, 5.74) is 7.25. The van der Waals surface area contributed by atoms with Gasteiger partial charge in [-0.25, -0.2) is 0 Å². The highest BCUT2D eigenvalue weighted by atomic mass is 16.5. The predicted molar refractivity (Wildman–Crippen MR) is 57.7 cm³/mol. The second-order valence-corrected chi connectivity index (χ2v) is 3.99. The van der Waals surface area contributed by atoms with E-state index in [1.54, 1.807) is 0 Å². The van der Waals surface area contributed by atoms with Crippen LogP contribution in [0.5, 0.6) is 0 Å². The summed E-state index contributed by atoms with van der Waals surface area (Å²) in [5, 5.41) is 0. The van der Waals surface area contributed by atoms with Gasteiger partial charge in [-0.05, 0) is 26.7 Å². The summed E-state index contributed by atoms with van der Waals surface area (Å²) >= 11 is 0. The average Bonchev–Trinajstić information content (AvgIpc) is 1.97. The molecule has 0 spiro atoms. The van der Waals surface area contributed by atoms with Gasteiger partial charge in [0, 0.05) is 12.6 Å². The van der Waals surface area contributed by atoms with Gasteiger partial charge in [0.25, 0.3) is 0 Å². The molecule has 0 aliphatic carbocycles. The van der Waals surface area contributed by atoms with Gasteiger partial charge in [-0.2, -0.15) is 0 Å². The first-order chi connectivity index (χ1) is 5.99. The molecule has 2 N–H and O–H groups in total. The van der Waals surface area contributed by atoms with Crippen molar-refractivity contribution < 1.29 is 4.74 Å². The molecule has 0 saturated carbocycles. The summed E-state index contributed by atoms with van der Waals surface area (Å²) < 4.78 is 5.60. The van der Waals surface area contributed by atoms with Crippen molar-refractivity contribution in [1.29, 1.82) is 0 Å². The molecule has 0 aliphatic heterocycles. The van der Waals surface area contributed by atoms with Crippen LogP contribution in [0.1, 0.15) is 34.6 Å². The number of nitrogens with two attached hydrogens (primary N) is 1. The summed E-state index contributed by atoms with van der Waals surface area (Å²) in [7, 11) is 0. The summed E-state index contributed by atoms with van der Waals surface area (Å²) in [6.45, 7) is 11.1. The fraction of sp³-hybridized carbons (Fsp3) is 0.818. The Hall–Kier alpha value is -0.340. The molecule has 0 rings (SSSR count). The first-order valence-corrected chi connectivity index (χ1v) is 5.01. The van der Waals surface area contributed by atoms with Gasteiger partial charge < -0.3 is 10.5 Å². The van der Waals surface area contributed by atoms with Crippen molar-refractivity contribution in [3.05, 3.63) is 11.6 Å². The monoisotopic (exact) mass is 185 g/mol. The van der Waals surface area contributed by atoms with Gasteiger partial charge in [-0.15, -0.1) is 0 Å². The highest BCUT2D eigenvalue weighted by molar-refractivity contribution is 5.03. The van der Waals surface area contributed by atoms with Gasteiger partial charge in [0.15, 0.2) is 0 Å². The summed E-state index contributed by atoms with van der Waals surface area (Å²) in [4.78, 5) is 0. The minimum atomic E-state index is 0.0185. The molecule has 78 valence electrons. The van der Waals surface area contributed by atoms with E-state index in [-0.39, 0.29) is 12.1 Å². The van der Waals surface area contributed by atoms with Crippen LogP contribution in [-0.2, 0) is 4.74 Å². The van der Waals surface area contributed by atoms with Crippen LogP contribution >= 0.6 is 0 Å². The first kappa shape index (κ1) is 12.7.